The second kappa shape index (κ2) is 7.99. The lowest BCUT2D eigenvalue weighted by molar-refractivity contribution is -0.113. The van der Waals surface area contributed by atoms with Gasteiger partial charge in [-0.1, -0.05) is 40.8 Å². The number of rotatable bonds is 6. The van der Waals surface area contributed by atoms with Crippen molar-refractivity contribution in [1.82, 2.24) is 15.2 Å². The van der Waals surface area contributed by atoms with E-state index in [4.69, 9.17) is 9.15 Å². The lowest BCUT2D eigenvalue weighted by Crippen LogP contribution is -2.13. The molecule has 0 radical (unpaired) electrons. The molecule has 4 aromatic rings. The lowest BCUT2D eigenvalue weighted by atomic mass is 10.1. The number of aromatic nitrogens is 3. The third-order valence-electron chi connectivity index (χ3n) is 3.84. The number of fused-ring (bicyclic) bond motifs is 1. The highest BCUT2D eigenvalue weighted by molar-refractivity contribution is 7.99. The van der Waals surface area contributed by atoms with Crippen LogP contribution in [0.3, 0.4) is 0 Å². The molecule has 1 amide bonds. The van der Waals surface area contributed by atoms with Crippen LogP contribution < -0.4 is 10.1 Å². The van der Waals surface area contributed by atoms with Crippen LogP contribution in [0.5, 0.6) is 5.75 Å². The normalized spacial score (nSPS) is 10.9. The monoisotopic (exact) mass is 412 g/mol. The third kappa shape index (κ3) is 4.15. The van der Waals surface area contributed by atoms with Crippen molar-refractivity contribution in [2.45, 2.75) is 12.1 Å². The molecular formula is C19H16N4O3S2. The first-order valence-electron chi connectivity index (χ1n) is 8.38. The van der Waals surface area contributed by atoms with Gasteiger partial charge in [-0.05, 0) is 37.3 Å². The Hall–Kier alpha value is -2.91. The molecule has 0 saturated carbocycles. The molecule has 0 aliphatic rings. The van der Waals surface area contributed by atoms with Crippen molar-refractivity contribution < 1.29 is 13.9 Å². The lowest BCUT2D eigenvalue weighted by Gasteiger charge is -1.99. The summed E-state index contributed by atoms with van der Waals surface area (Å²) in [6, 6.07) is 13.4. The first-order chi connectivity index (χ1) is 13.6. The van der Waals surface area contributed by atoms with Gasteiger partial charge in [-0.15, -0.1) is 10.2 Å². The van der Waals surface area contributed by atoms with Gasteiger partial charge in [-0.2, -0.15) is 0 Å². The van der Waals surface area contributed by atoms with Gasteiger partial charge < -0.3 is 14.5 Å². The highest BCUT2D eigenvalue weighted by Crippen LogP contribution is 2.29. The van der Waals surface area contributed by atoms with Crippen molar-refractivity contribution in [1.29, 1.82) is 0 Å². The molecule has 2 aromatic carbocycles. The van der Waals surface area contributed by atoms with E-state index >= 15 is 0 Å². The maximum atomic E-state index is 12.2. The number of nitrogens with one attached hydrogen (secondary N) is 1. The molecule has 0 atom stereocenters. The average molecular weight is 412 g/mol. The van der Waals surface area contributed by atoms with E-state index in [1.807, 2.05) is 49.4 Å². The number of anilines is 1. The zero-order valence-corrected chi connectivity index (χ0v) is 16.8. The molecule has 7 nitrogen and oxygen atoms in total. The summed E-state index contributed by atoms with van der Waals surface area (Å²) in [6.07, 6.45) is 0. The van der Waals surface area contributed by atoms with E-state index in [-0.39, 0.29) is 11.7 Å². The van der Waals surface area contributed by atoms with Gasteiger partial charge in [0.1, 0.15) is 5.75 Å². The molecular weight excluding hydrogens is 396 g/mol. The largest absolute Gasteiger partial charge is 0.497 e. The van der Waals surface area contributed by atoms with E-state index in [0.29, 0.717) is 16.2 Å². The SMILES string of the molecule is COc1ccc2nc(NC(=O)CSc3nnc(-c4cccc(C)c4)o3)sc2c1. The number of methoxy groups -OCH3 is 1. The van der Waals surface area contributed by atoms with Gasteiger partial charge in [0.2, 0.25) is 11.8 Å². The van der Waals surface area contributed by atoms with Crippen molar-refractivity contribution in [3.05, 3.63) is 48.0 Å². The minimum absolute atomic E-state index is 0.148. The molecule has 0 saturated heterocycles. The zero-order chi connectivity index (χ0) is 19.5. The number of amides is 1. The Morgan fingerprint density at radius 2 is 2.14 bits per heavy atom. The van der Waals surface area contributed by atoms with Crippen LogP contribution in [0.15, 0.2) is 52.1 Å². The topological polar surface area (TPSA) is 90.1 Å². The highest BCUT2D eigenvalue weighted by atomic mass is 32.2. The molecule has 2 aromatic heterocycles. The minimum Gasteiger partial charge on any atom is -0.497 e. The highest BCUT2D eigenvalue weighted by Gasteiger charge is 2.13. The van der Waals surface area contributed by atoms with E-state index in [2.05, 4.69) is 20.5 Å². The molecule has 0 aliphatic heterocycles. The quantitative estimate of drug-likeness (QED) is 0.470. The van der Waals surface area contributed by atoms with Gasteiger partial charge in [0.05, 0.1) is 23.1 Å². The summed E-state index contributed by atoms with van der Waals surface area (Å²) in [7, 11) is 1.62. The van der Waals surface area contributed by atoms with E-state index in [1.165, 1.54) is 23.1 Å². The number of nitrogens with zero attached hydrogens (tertiary/aromatic N) is 3. The first-order valence-corrected chi connectivity index (χ1v) is 10.2. The van der Waals surface area contributed by atoms with Crippen LogP contribution in [-0.2, 0) is 4.79 Å². The Morgan fingerprint density at radius 1 is 1.25 bits per heavy atom. The van der Waals surface area contributed by atoms with Gasteiger partial charge in [0, 0.05) is 5.56 Å². The van der Waals surface area contributed by atoms with Crippen LogP contribution in [-0.4, -0.2) is 34.0 Å². The molecule has 0 unspecified atom stereocenters. The molecule has 0 aliphatic carbocycles. The van der Waals surface area contributed by atoms with Crippen LogP contribution in [0.1, 0.15) is 5.56 Å². The fraction of sp³-hybridized carbons (Fsp3) is 0.158. The number of hydrogen-bond acceptors (Lipinski definition) is 8. The number of carbonyl (C=O) groups excluding carboxylic acids is 1. The number of benzene rings is 2. The molecule has 0 bridgehead atoms. The number of thiazole rings is 1. The smallest absolute Gasteiger partial charge is 0.277 e. The van der Waals surface area contributed by atoms with Crippen LogP contribution in [0.25, 0.3) is 21.7 Å². The molecule has 28 heavy (non-hydrogen) atoms. The van der Waals surface area contributed by atoms with Crippen LogP contribution in [0.4, 0.5) is 5.13 Å². The van der Waals surface area contributed by atoms with Crippen molar-refractivity contribution in [3.63, 3.8) is 0 Å². The Labute approximate surface area is 169 Å². The van der Waals surface area contributed by atoms with Crippen molar-refractivity contribution >= 4 is 44.4 Å². The Bertz CT molecular complexity index is 1140. The van der Waals surface area contributed by atoms with Gasteiger partial charge in [0.15, 0.2) is 5.13 Å². The first kappa shape index (κ1) is 18.5. The van der Waals surface area contributed by atoms with Crippen molar-refractivity contribution in [2.24, 2.45) is 0 Å². The Kier molecular flexibility index (Phi) is 5.27. The maximum Gasteiger partial charge on any atom is 0.277 e. The van der Waals surface area contributed by atoms with Crippen molar-refractivity contribution in [2.75, 3.05) is 18.2 Å². The molecule has 4 rings (SSSR count). The predicted octanol–water partition coefficient (Wildman–Crippen LogP) is 4.39. The molecule has 9 heteroatoms. The molecule has 0 spiro atoms. The molecule has 0 fully saturated rings. The summed E-state index contributed by atoms with van der Waals surface area (Å²) in [4.78, 5) is 16.6. The van der Waals surface area contributed by atoms with Gasteiger partial charge in [-0.3, -0.25) is 4.79 Å². The minimum atomic E-state index is -0.189. The summed E-state index contributed by atoms with van der Waals surface area (Å²) in [5.41, 5.74) is 2.78. The fourth-order valence-corrected chi connectivity index (χ4v) is 4.00. The molecule has 142 valence electrons. The van der Waals surface area contributed by atoms with Crippen LogP contribution in [0.2, 0.25) is 0 Å². The van der Waals surface area contributed by atoms with Gasteiger partial charge >= 0.3 is 0 Å². The summed E-state index contributed by atoms with van der Waals surface area (Å²) in [5.74, 6) is 1.15. The van der Waals surface area contributed by atoms with E-state index in [0.717, 1.165) is 27.1 Å². The van der Waals surface area contributed by atoms with Crippen LogP contribution in [0, 0.1) is 6.92 Å². The fourth-order valence-electron chi connectivity index (χ4n) is 2.53. The second-order valence-corrected chi connectivity index (χ2v) is 7.89. The standard InChI is InChI=1S/C19H16N4O3S2/c1-11-4-3-5-12(8-11)17-22-23-19(26-17)27-10-16(24)21-18-20-14-7-6-13(25-2)9-15(14)28-18/h3-9H,10H2,1-2H3,(H,20,21,24). The summed E-state index contributed by atoms with van der Waals surface area (Å²) in [5, 5.41) is 11.7. The second-order valence-electron chi connectivity index (χ2n) is 5.93. The number of hydrogen-bond donors (Lipinski definition) is 1. The summed E-state index contributed by atoms with van der Waals surface area (Å²) >= 11 is 2.58. The van der Waals surface area contributed by atoms with E-state index < -0.39 is 0 Å². The third-order valence-corrected chi connectivity index (χ3v) is 5.59. The summed E-state index contributed by atoms with van der Waals surface area (Å²) in [6.45, 7) is 2.00. The van der Waals surface area contributed by atoms with Crippen LogP contribution >= 0.6 is 23.1 Å². The Balaban J connectivity index is 1.37. The number of thioether (sulfide) groups is 1. The summed E-state index contributed by atoms with van der Waals surface area (Å²) < 4.78 is 11.8. The van der Waals surface area contributed by atoms with E-state index in [1.54, 1.807) is 7.11 Å². The van der Waals surface area contributed by atoms with Gasteiger partial charge in [-0.25, -0.2) is 4.98 Å². The molecule has 2 heterocycles. The number of ether oxygens (including phenoxy) is 1. The maximum absolute atomic E-state index is 12.2. The van der Waals surface area contributed by atoms with Gasteiger partial charge in [0.25, 0.3) is 5.22 Å². The average Bonchev–Trinajstić information content (AvgIpc) is 3.32. The van der Waals surface area contributed by atoms with E-state index in [9.17, 15) is 4.79 Å². The number of aryl methyl sites for hydroxylation is 1. The predicted molar refractivity (Wildman–Crippen MR) is 110 cm³/mol. The molecule has 1 N–H and O–H groups in total. The number of carbonyl (C=O) groups is 1. The van der Waals surface area contributed by atoms with Crippen molar-refractivity contribution in [3.8, 4) is 17.2 Å². The Morgan fingerprint density at radius 3 is 2.96 bits per heavy atom. The zero-order valence-electron chi connectivity index (χ0n) is 15.1.